The summed E-state index contributed by atoms with van der Waals surface area (Å²) in [5.41, 5.74) is 1.95. The van der Waals surface area contributed by atoms with Gasteiger partial charge >= 0.3 is 5.97 Å². The first-order valence-electron chi connectivity index (χ1n) is 10.8. The molecular formula is C25H29NO5. The second-order valence-corrected chi connectivity index (χ2v) is 8.02. The van der Waals surface area contributed by atoms with Crippen molar-refractivity contribution < 1.29 is 24.1 Å². The zero-order chi connectivity index (χ0) is 21.8. The van der Waals surface area contributed by atoms with Crippen molar-refractivity contribution in [2.75, 3.05) is 27.0 Å². The van der Waals surface area contributed by atoms with Gasteiger partial charge in [-0.1, -0.05) is 43.7 Å². The number of fused-ring (bicyclic) bond motifs is 1. The quantitative estimate of drug-likeness (QED) is 0.625. The van der Waals surface area contributed by atoms with E-state index in [0.717, 1.165) is 29.7 Å². The van der Waals surface area contributed by atoms with Crippen molar-refractivity contribution in [1.29, 1.82) is 0 Å². The highest BCUT2D eigenvalue weighted by atomic mass is 16.7. The molecule has 2 aromatic rings. The number of carbonyl (C=O) groups is 1. The molecule has 3 atom stereocenters. The fourth-order valence-electron chi connectivity index (χ4n) is 4.59. The third kappa shape index (κ3) is 4.39. The molecule has 6 heteroatoms. The average Bonchev–Trinajstić information content (AvgIpc) is 3.41. The average molecular weight is 424 g/mol. The lowest BCUT2D eigenvalue weighted by Crippen LogP contribution is -2.29. The molecule has 1 saturated heterocycles. The largest absolute Gasteiger partial charge is 0.497 e. The second kappa shape index (κ2) is 9.43. The topological polar surface area (TPSA) is 68.2 Å². The second-order valence-electron chi connectivity index (χ2n) is 8.02. The molecule has 0 spiro atoms. The van der Waals surface area contributed by atoms with Crippen LogP contribution in [0.2, 0.25) is 0 Å². The summed E-state index contributed by atoms with van der Waals surface area (Å²) >= 11 is 0. The summed E-state index contributed by atoms with van der Waals surface area (Å²) in [5.74, 6) is 0.634. The maximum atomic E-state index is 12.5. The predicted molar refractivity (Wildman–Crippen MR) is 118 cm³/mol. The monoisotopic (exact) mass is 423 g/mol. The lowest BCUT2D eigenvalue weighted by molar-refractivity contribution is -0.143. The van der Waals surface area contributed by atoms with E-state index in [1.165, 1.54) is 0 Å². The van der Waals surface area contributed by atoms with E-state index in [4.69, 9.17) is 14.2 Å². The number of nitrogens with zero attached hydrogens (tertiary/aromatic N) is 1. The van der Waals surface area contributed by atoms with Crippen LogP contribution < -0.4 is 14.2 Å². The summed E-state index contributed by atoms with van der Waals surface area (Å²) in [4.78, 5) is 14.8. The fourth-order valence-corrected chi connectivity index (χ4v) is 4.59. The zero-order valence-electron chi connectivity index (χ0n) is 18.0. The molecule has 2 heterocycles. The first-order chi connectivity index (χ1) is 15.1. The van der Waals surface area contributed by atoms with Gasteiger partial charge < -0.3 is 19.3 Å². The van der Waals surface area contributed by atoms with Crippen molar-refractivity contribution in [3.05, 3.63) is 65.7 Å². The Kier molecular flexibility index (Phi) is 6.47. The molecule has 164 valence electrons. The van der Waals surface area contributed by atoms with Gasteiger partial charge in [0.15, 0.2) is 11.5 Å². The highest BCUT2D eigenvalue weighted by Crippen LogP contribution is 2.47. The SMILES string of the molecule is CCCC=CCN1C[C@H](c2ccc3c(c2)OCO3)[C@H](C(=O)O)[C@H]1c1ccc(OC)cc1. The molecule has 31 heavy (non-hydrogen) atoms. The molecular weight excluding hydrogens is 394 g/mol. The van der Waals surface area contributed by atoms with Gasteiger partial charge in [0.25, 0.3) is 0 Å². The molecule has 0 unspecified atom stereocenters. The number of ether oxygens (including phenoxy) is 3. The third-order valence-electron chi connectivity index (χ3n) is 6.13. The summed E-state index contributed by atoms with van der Waals surface area (Å²) in [6.07, 6.45) is 6.45. The first-order valence-corrected chi connectivity index (χ1v) is 10.8. The van der Waals surface area contributed by atoms with E-state index in [1.807, 2.05) is 42.5 Å². The van der Waals surface area contributed by atoms with Crippen molar-refractivity contribution in [2.24, 2.45) is 5.92 Å². The standard InChI is InChI=1S/C25H29NO5/c1-3-4-5-6-13-26-15-20(18-9-12-21-22(14-18)31-16-30-21)23(25(27)28)24(26)17-7-10-19(29-2)11-8-17/h5-12,14,20,23-24H,3-4,13,15-16H2,1-2H3,(H,27,28)/t20-,23+,24-/m1/s1. The number of carboxylic acids is 1. The number of allylic oxidation sites excluding steroid dienone is 1. The number of benzene rings is 2. The Morgan fingerprint density at radius 2 is 1.87 bits per heavy atom. The molecule has 1 fully saturated rings. The number of hydrogen-bond donors (Lipinski definition) is 1. The zero-order valence-corrected chi connectivity index (χ0v) is 18.0. The van der Waals surface area contributed by atoms with Gasteiger partial charge in [-0.15, -0.1) is 0 Å². The molecule has 2 aliphatic heterocycles. The number of aliphatic carboxylic acids is 1. The summed E-state index contributed by atoms with van der Waals surface area (Å²) in [7, 11) is 1.63. The maximum absolute atomic E-state index is 12.5. The summed E-state index contributed by atoms with van der Waals surface area (Å²) in [6.45, 7) is 3.72. The van der Waals surface area contributed by atoms with Crippen LogP contribution in [0.5, 0.6) is 17.2 Å². The van der Waals surface area contributed by atoms with E-state index in [9.17, 15) is 9.90 Å². The number of rotatable bonds is 8. The van der Waals surface area contributed by atoms with Crippen molar-refractivity contribution in [3.63, 3.8) is 0 Å². The predicted octanol–water partition coefficient (Wildman–Crippen LogP) is 4.62. The maximum Gasteiger partial charge on any atom is 0.309 e. The van der Waals surface area contributed by atoms with Crippen LogP contribution in [0.3, 0.4) is 0 Å². The van der Waals surface area contributed by atoms with Crippen LogP contribution in [0.25, 0.3) is 0 Å². The van der Waals surface area contributed by atoms with Gasteiger partial charge in [-0.25, -0.2) is 0 Å². The van der Waals surface area contributed by atoms with E-state index in [-0.39, 0.29) is 18.8 Å². The molecule has 0 aromatic heterocycles. The number of methoxy groups -OCH3 is 1. The fraction of sp³-hybridized carbons (Fsp3) is 0.400. The van der Waals surface area contributed by atoms with Crippen molar-refractivity contribution >= 4 is 5.97 Å². The molecule has 2 aliphatic rings. The molecule has 0 aliphatic carbocycles. The van der Waals surface area contributed by atoms with E-state index in [0.29, 0.717) is 24.6 Å². The summed E-state index contributed by atoms with van der Waals surface area (Å²) in [6, 6.07) is 13.3. The molecule has 0 saturated carbocycles. The van der Waals surface area contributed by atoms with Crippen molar-refractivity contribution in [1.82, 2.24) is 4.90 Å². The molecule has 0 amide bonds. The minimum absolute atomic E-state index is 0.154. The van der Waals surface area contributed by atoms with E-state index in [1.54, 1.807) is 7.11 Å². The van der Waals surface area contributed by atoms with Gasteiger partial charge in [0.2, 0.25) is 6.79 Å². The molecule has 1 N–H and O–H groups in total. The Hall–Kier alpha value is -2.99. The smallest absolute Gasteiger partial charge is 0.309 e. The van der Waals surface area contributed by atoms with Gasteiger partial charge in [-0.05, 0) is 41.8 Å². The Morgan fingerprint density at radius 1 is 1.13 bits per heavy atom. The van der Waals surface area contributed by atoms with E-state index in [2.05, 4.69) is 24.0 Å². The number of likely N-dealkylation sites (tertiary alicyclic amines) is 1. The van der Waals surface area contributed by atoms with E-state index < -0.39 is 11.9 Å². The Bertz CT molecular complexity index is 939. The van der Waals surface area contributed by atoms with Crippen molar-refractivity contribution in [3.8, 4) is 17.2 Å². The summed E-state index contributed by atoms with van der Waals surface area (Å²) in [5, 5.41) is 10.3. The van der Waals surface area contributed by atoms with Crippen LogP contribution in [0.4, 0.5) is 0 Å². The van der Waals surface area contributed by atoms with Gasteiger partial charge in [0.05, 0.1) is 13.0 Å². The van der Waals surface area contributed by atoms with Crippen LogP contribution in [0.1, 0.15) is 42.9 Å². The third-order valence-corrected chi connectivity index (χ3v) is 6.13. The molecule has 0 radical (unpaired) electrons. The van der Waals surface area contributed by atoms with Crippen LogP contribution >= 0.6 is 0 Å². The van der Waals surface area contributed by atoms with Crippen LogP contribution in [-0.4, -0.2) is 43.0 Å². The Balaban J connectivity index is 1.69. The minimum Gasteiger partial charge on any atom is -0.497 e. The normalized spacial score (nSPS) is 22.8. The van der Waals surface area contributed by atoms with Crippen LogP contribution in [0, 0.1) is 5.92 Å². The van der Waals surface area contributed by atoms with Gasteiger partial charge in [-0.3, -0.25) is 9.69 Å². The number of hydrogen-bond acceptors (Lipinski definition) is 5. The van der Waals surface area contributed by atoms with Gasteiger partial charge in [-0.2, -0.15) is 0 Å². The van der Waals surface area contributed by atoms with Crippen LogP contribution in [0.15, 0.2) is 54.6 Å². The first kappa shape index (κ1) is 21.2. The number of unbranched alkanes of at least 4 members (excludes halogenated alkanes) is 1. The van der Waals surface area contributed by atoms with E-state index >= 15 is 0 Å². The molecule has 6 nitrogen and oxygen atoms in total. The lowest BCUT2D eigenvalue weighted by Gasteiger charge is -2.26. The Labute approximate surface area is 183 Å². The lowest BCUT2D eigenvalue weighted by atomic mass is 9.82. The molecule has 2 aromatic carbocycles. The van der Waals surface area contributed by atoms with Crippen molar-refractivity contribution in [2.45, 2.75) is 31.7 Å². The minimum atomic E-state index is -0.788. The molecule has 0 bridgehead atoms. The summed E-state index contributed by atoms with van der Waals surface area (Å²) < 4.78 is 16.3. The molecule has 4 rings (SSSR count). The highest BCUT2D eigenvalue weighted by molar-refractivity contribution is 5.74. The van der Waals surface area contributed by atoms with Gasteiger partial charge in [0.1, 0.15) is 5.75 Å². The highest BCUT2D eigenvalue weighted by Gasteiger charge is 2.47. The van der Waals surface area contributed by atoms with Gasteiger partial charge in [0, 0.05) is 25.0 Å². The van der Waals surface area contributed by atoms with Crippen LogP contribution in [-0.2, 0) is 4.79 Å². The Morgan fingerprint density at radius 3 is 2.58 bits per heavy atom. The number of carboxylic acid groups (broad SMARTS) is 1.